The number of ether oxygens (including phenoxy) is 2. The van der Waals surface area contributed by atoms with Crippen LogP contribution in [0.4, 0.5) is 13.2 Å². The second-order valence-corrected chi connectivity index (χ2v) is 9.22. The highest BCUT2D eigenvalue weighted by molar-refractivity contribution is 6.07. The van der Waals surface area contributed by atoms with E-state index in [4.69, 9.17) is 9.47 Å². The summed E-state index contributed by atoms with van der Waals surface area (Å²) in [6, 6.07) is 2.74. The molecule has 0 radical (unpaired) electrons. The molecule has 5 rings (SSSR count). The van der Waals surface area contributed by atoms with Crippen molar-refractivity contribution in [2.24, 2.45) is 0 Å². The Labute approximate surface area is 189 Å². The van der Waals surface area contributed by atoms with Crippen LogP contribution in [-0.2, 0) is 38.3 Å². The van der Waals surface area contributed by atoms with Crippen LogP contribution in [0.1, 0.15) is 49.6 Å². The van der Waals surface area contributed by atoms with Crippen LogP contribution in [0.25, 0.3) is 0 Å². The fourth-order valence-corrected chi connectivity index (χ4v) is 5.47. The van der Waals surface area contributed by atoms with E-state index in [-0.39, 0.29) is 24.7 Å². The van der Waals surface area contributed by atoms with E-state index in [1.165, 1.54) is 11.0 Å². The zero-order chi connectivity index (χ0) is 23.4. The van der Waals surface area contributed by atoms with Crippen molar-refractivity contribution in [1.29, 1.82) is 0 Å². The molecular weight excluding hydrogens is 439 g/mol. The number of likely N-dealkylation sites (tertiary alicyclic amines) is 1. The van der Waals surface area contributed by atoms with Gasteiger partial charge in [-0.1, -0.05) is 6.07 Å². The van der Waals surface area contributed by atoms with Crippen molar-refractivity contribution in [3.8, 4) is 0 Å². The summed E-state index contributed by atoms with van der Waals surface area (Å²) in [5.41, 5.74) is -0.475. The molecule has 1 aromatic heterocycles. The number of hydrogen-bond acceptors (Lipinski definition) is 6. The lowest BCUT2D eigenvalue weighted by atomic mass is 9.81. The van der Waals surface area contributed by atoms with Crippen molar-refractivity contribution in [3.05, 3.63) is 40.2 Å². The van der Waals surface area contributed by atoms with Gasteiger partial charge in [0.2, 0.25) is 0 Å². The highest BCUT2D eigenvalue weighted by Crippen LogP contribution is 2.43. The molecule has 7 nitrogen and oxygen atoms in total. The molecule has 4 aliphatic rings. The molecule has 33 heavy (non-hydrogen) atoms. The van der Waals surface area contributed by atoms with Gasteiger partial charge in [-0.2, -0.15) is 13.2 Å². The average Bonchev–Trinajstić information content (AvgIpc) is 3.32. The number of alkyl halides is 3. The number of halogens is 3. The Balaban J connectivity index is 1.34. The minimum absolute atomic E-state index is 0.0205. The zero-order valence-corrected chi connectivity index (χ0v) is 18.4. The molecule has 2 fully saturated rings. The van der Waals surface area contributed by atoms with Crippen molar-refractivity contribution >= 4 is 11.9 Å². The van der Waals surface area contributed by atoms with Gasteiger partial charge < -0.3 is 14.4 Å². The first kappa shape index (κ1) is 22.3. The lowest BCUT2D eigenvalue weighted by Crippen LogP contribution is -2.52. The molecular formula is C23H26F3N3O4. The van der Waals surface area contributed by atoms with Crippen molar-refractivity contribution < 1.29 is 32.2 Å². The fourth-order valence-electron chi connectivity index (χ4n) is 5.47. The maximum Gasteiger partial charge on any atom is 0.433 e. The SMILES string of the molecule is CC1=C(C(=O)N2Cc3ccc(C(F)(F)F)nc3C2)C2(CCN(C3CCOCC3)CC2)OC1=O. The Morgan fingerprint density at radius 2 is 1.85 bits per heavy atom. The number of aromatic nitrogens is 1. The Morgan fingerprint density at radius 1 is 1.15 bits per heavy atom. The van der Waals surface area contributed by atoms with Crippen molar-refractivity contribution in [1.82, 2.24) is 14.8 Å². The number of rotatable bonds is 2. The molecule has 1 amide bonds. The highest BCUT2D eigenvalue weighted by Gasteiger charge is 2.52. The van der Waals surface area contributed by atoms with E-state index in [2.05, 4.69) is 9.88 Å². The molecule has 1 spiro atoms. The quantitative estimate of drug-likeness (QED) is 0.626. The number of hydrogen-bond donors (Lipinski definition) is 0. The third-order valence-electron chi connectivity index (χ3n) is 7.30. The largest absolute Gasteiger partial charge is 0.450 e. The standard InChI is InChI=1S/C23H26F3N3O4/c1-14-19(20(30)29-12-15-2-3-18(23(24,25)26)27-17(15)13-29)22(33-21(14)31)6-8-28(9-7-22)16-4-10-32-11-5-16/h2-3,16H,4-13H2,1H3. The van der Waals surface area contributed by atoms with Crippen LogP contribution in [-0.4, -0.2) is 64.6 Å². The maximum atomic E-state index is 13.6. The van der Waals surface area contributed by atoms with Gasteiger partial charge in [0.1, 0.15) is 11.3 Å². The van der Waals surface area contributed by atoms with Crippen LogP contribution in [0.5, 0.6) is 0 Å². The van der Waals surface area contributed by atoms with Crippen LogP contribution in [0.15, 0.2) is 23.3 Å². The monoisotopic (exact) mass is 465 g/mol. The van der Waals surface area contributed by atoms with Gasteiger partial charge >= 0.3 is 12.1 Å². The molecule has 0 N–H and O–H groups in total. The minimum Gasteiger partial charge on any atom is -0.450 e. The third-order valence-corrected chi connectivity index (χ3v) is 7.30. The number of pyridine rings is 1. The fraction of sp³-hybridized carbons (Fsp3) is 0.609. The normalized spacial score (nSPS) is 23.9. The molecule has 0 atom stereocenters. The average molecular weight is 465 g/mol. The number of carbonyl (C=O) groups excluding carboxylic acids is 2. The van der Waals surface area contributed by atoms with Crippen molar-refractivity contribution in [2.75, 3.05) is 26.3 Å². The number of amides is 1. The summed E-state index contributed by atoms with van der Waals surface area (Å²) in [4.78, 5) is 33.7. The summed E-state index contributed by atoms with van der Waals surface area (Å²) < 4.78 is 50.4. The van der Waals surface area contributed by atoms with Crippen LogP contribution < -0.4 is 0 Å². The lowest BCUT2D eigenvalue weighted by Gasteiger charge is -2.43. The third kappa shape index (κ3) is 3.93. The summed E-state index contributed by atoms with van der Waals surface area (Å²) in [6.07, 6.45) is -1.57. The molecule has 5 heterocycles. The molecule has 0 aromatic carbocycles. The van der Waals surface area contributed by atoms with Crippen molar-refractivity contribution in [3.63, 3.8) is 0 Å². The van der Waals surface area contributed by atoms with Crippen molar-refractivity contribution in [2.45, 2.75) is 63.5 Å². The Bertz CT molecular complexity index is 1010. The molecule has 1 aromatic rings. The van der Waals surface area contributed by atoms with E-state index < -0.39 is 23.4 Å². The summed E-state index contributed by atoms with van der Waals surface area (Å²) in [6.45, 7) is 4.63. The van der Waals surface area contributed by atoms with E-state index in [0.29, 0.717) is 48.7 Å². The van der Waals surface area contributed by atoms with E-state index in [1.807, 2.05) is 0 Å². The molecule has 2 saturated heterocycles. The van der Waals surface area contributed by atoms with E-state index in [9.17, 15) is 22.8 Å². The number of nitrogens with zero attached hydrogens (tertiary/aromatic N) is 3. The van der Waals surface area contributed by atoms with E-state index in [0.717, 1.165) is 32.1 Å². The molecule has 4 aliphatic heterocycles. The molecule has 0 unspecified atom stereocenters. The van der Waals surface area contributed by atoms with Crippen LogP contribution in [0.3, 0.4) is 0 Å². The Kier molecular flexibility index (Phi) is 5.48. The number of fused-ring (bicyclic) bond motifs is 1. The van der Waals surface area contributed by atoms with Crippen LogP contribution >= 0.6 is 0 Å². The smallest absolute Gasteiger partial charge is 0.433 e. The summed E-state index contributed by atoms with van der Waals surface area (Å²) in [7, 11) is 0. The van der Waals surface area contributed by atoms with E-state index in [1.54, 1.807) is 6.92 Å². The maximum absolute atomic E-state index is 13.6. The van der Waals surface area contributed by atoms with Gasteiger partial charge in [-0.3, -0.25) is 9.69 Å². The van der Waals surface area contributed by atoms with Gasteiger partial charge in [0.05, 0.1) is 17.8 Å². The lowest BCUT2D eigenvalue weighted by molar-refractivity contribution is -0.152. The second-order valence-electron chi connectivity index (χ2n) is 9.22. The molecule has 0 saturated carbocycles. The number of piperidine rings is 1. The first-order valence-electron chi connectivity index (χ1n) is 11.3. The van der Waals surface area contributed by atoms with Gasteiger partial charge in [0, 0.05) is 57.3 Å². The minimum atomic E-state index is -4.54. The Hall–Kier alpha value is -2.46. The molecule has 10 heteroatoms. The van der Waals surface area contributed by atoms with Gasteiger partial charge in [0.15, 0.2) is 0 Å². The zero-order valence-electron chi connectivity index (χ0n) is 18.4. The first-order chi connectivity index (χ1) is 15.7. The number of esters is 1. The number of carbonyl (C=O) groups is 2. The Morgan fingerprint density at radius 3 is 2.52 bits per heavy atom. The van der Waals surface area contributed by atoms with Crippen LogP contribution in [0.2, 0.25) is 0 Å². The molecule has 178 valence electrons. The predicted molar refractivity (Wildman–Crippen MR) is 110 cm³/mol. The summed E-state index contributed by atoms with van der Waals surface area (Å²) >= 11 is 0. The predicted octanol–water partition coefficient (Wildman–Crippen LogP) is 2.83. The van der Waals surface area contributed by atoms with Gasteiger partial charge in [-0.25, -0.2) is 9.78 Å². The van der Waals surface area contributed by atoms with Gasteiger partial charge in [-0.05, 0) is 31.4 Å². The van der Waals surface area contributed by atoms with Gasteiger partial charge in [-0.15, -0.1) is 0 Å². The molecule has 0 aliphatic carbocycles. The summed E-state index contributed by atoms with van der Waals surface area (Å²) in [5, 5.41) is 0. The molecule has 0 bridgehead atoms. The van der Waals surface area contributed by atoms with Gasteiger partial charge in [0.25, 0.3) is 5.91 Å². The second kappa shape index (κ2) is 8.09. The highest BCUT2D eigenvalue weighted by atomic mass is 19.4. The van der Waals surface area contributed by atoms with E-state index >= 15 is 0 Å². The summed E-state index contributed by atoms with van der Waals surface area (Å²) in [5.74, 6) is -0.850. The van der Waals surface area contributed by atoms with Crippen LogP contribution in [0, 0.1) is 0 Å². The first-order valence-corrected chi connectivity index (χ1v) is 11.3. The topological polar surface area (TPSA) is 72.0 Å².